The van der Waals surface area contributed by atoms with E-state index >= 15 is 0 Å². The second-order valence-electron chi connectivity index (χ2n) is 16.2. The fraction of sp³-hybridized carbons (Fsp3) is 0.250. The molecule has 63 heavy (non-hydrogen) atoms. The Hall–Kier alpha value is -5.74. The summed E-state index contributed by atoms with van der Waals surface area (Å²) < 4.78 is 43.1. The second-order valence-corrected chi connectivity index (χ2v) is 16.2. The second kappa shape index (κ2) is 23.6. The SMILES string of the molecule is c1cc2cc(c1)COCc1cccc(c1)COCc1cccc(c1)COCc1cccc(c1)COCc1cccc(c1)COCc1cccc(c1)COCc1cccc(c1)COC2. The number of benzene rings is 7. The van der Waals surface area contributed by atoms with Crippen LogP contribution in [0.3, 0.4) is 0 Å². The lowest BCUT2D eigenvalue weighted by atomic mass is 10.1. The summed E-state index contributed by atoms with van der Waals surface area (Å²) in [4.78, 5) is 0. The topological polar surface area (TPSA) is 64.6 Å². The molecule has 0 amide bonds. The molecule has 0 aliphatic carbocycles. The summed E-state index contributed by atoms with van der Waals surface area (Å²) in [6.07, 6.45) is 0. The molecule has 7 aromatic rings. The molecule has 7 aromatic carbocycles. The van der Waals surface area contributed by atoms with Crippen molar-refractivity contribution in [1.82, 2.24) is 0 Å². The lowest BCUT2D eigenvalue weighted by Crippen LogP contribution is -2.00. The molecular weight excluding hydrogens is 785 g/mol. The molecule has 1 heterocycles. The van der Waals surface area contributed by atoms with Crippen LogP contribution in [0.2, 0.25) is 0 Å². The van der Waals surface area contributed by atoms with Crippen molar-refractivity contribution >= 4 is 0 Å². The van der Waals surface area contributed by atoms with Gasteiger partial charge in [-0.05, 0) is 77.9 Å². The van der Waals surface area contributed by atoms with E-state index in [1.165, 1.54) is 0 Å². The van der Waals surface area contributed by atoms with Gasteiger partial charge in [0, 0.05) is 0 Å². The van der Waals surface area contributed by atoms with Gasteiger partial charge in [0.15, 0.2) is 0 Å². The molecule has 0 spiro atoms. The van der Waals surface area contributed by atoms with Crippen LogP contribution in [0, 0.1) is 0 Å². The van der Waals surface area contributed by atoms with Crippen LogP contribution in [0.25, 0.3) is 0 Å². The molecule has 1 aliphatic rings. The molecule has 1 aliphatic heterocycles. The molecule has 0 aromatic heterocycles. The van der Waals surface area contributed by atoms with Crippen molar-refractivity contribution in [3.63, 3.8) is 0 Å². The van der Waals surface area contributed by atoms with Gasteiger partial charge in [0.1, 0.15) is 0 Å². The lowest BCUT2D eigenvalue weighted by molar-refractivity contribution is 0.0994. The van der Waals surface area contributed by atoms with Crippen molar-refractivity contribution in [2.24, 2.45) is 0 Å². The Bertz CT molecular complexity index is 1870. The number of hydrogen-bond donors (Lipinski definition) is 0. The minimum atomic E-state index is 0.519. The molecule has 0 N–H and O–H groups in total. The Labute approximate surface area is 372 Å². The minimum absolute atomic E-state index is 0.519. The maximum atomic E-state index is 6.15. The number of fused-ring (bicyclic) bond motifs is 14. The Morgan fingerprint density at radius 3 is 0.349 bits per heavy atom. The van der Waals surface area contributed by atoms with E-state index in [0.717, 1.165) is 77.9 Å². The number of rotatable bonds is 0. The normalized spacial score (nSPS) is 15.6. The van der Waals surface area contributed by atoms with Crippen molar-refractivity contribution in [3.05, 3.63) is 248 Å². The Morgan fingerprint density at radius 2 is 0.254 bits per heavy atom. The Balaban J connectivity index is 0.890. The first-order valence-electron chi connectivity index (χ1n) is 21.7. The molecule has 7 nitrogen and oxygen atoms in total. The van der Waals surface area contributed by atoms with Crippen LogP contribution in [0.5, 0.6) is 0 Å². The van der Waals surface area contributed by atoms with Crippen molar-refractivity contribution < 1.29 is 33.2 Å². The highest BCUT2D eigenvalue weighted by atomic mass is 16.5. The molecule has 14 bridgehead atoms. The standard InChI is InChI=1S/C56H56O7/c1-8-43-22-44(9-1)30-58-32-46-11-3-13-48(24-46)34-60-36-50-15-5-17-52(26-50)38-62-40-54-19-7-21-56(28-54)42-63-41-55-20-6-18-53(27-55)39-61-37-51-16-4-14-49(25-51)35-59-33-47-12-2-10-45(23-47)31-57-29-43/h1-28H,29-42H2. The average molecular weight is 841 g/mol. The van der Waals surface area contributed by atoms with Crippen LogP contribution in [0.4, 0.5) is 0 Å². The third kappa shape index (κ3) is 14.7. The molecule has 0 unspecified atom stereocenters. The van der Waals surface area contributed by atoms with E-state index < -0.39 is 0 Å². The quantitative estimate of drug-likeness (QED) is 0.151. The molecule has 8 rings (SSSR count). The van der Waals surface area contributed by atoms with E-state index in [0.29, 0.717) is 92.5 Å². The van der Waals surface area contributed by atoms with Gasteiger partial charge in [0.25, 0.3) is 0 Å². The van der Waals surface area contributed by atoms with Gasteiger partial charge in [0.05, 0.1) is 92.5 Å². The summed E-state index contributed by atoms with van der Waals surface area (Å²) in [5.41, 5.74) is 15.6. The fourth-order valence-electron chi connectivity index (χ4n) is 7.67. The third-order valence-corrected chi connectivity index (χ3v) is 10.7. The highest BCUT2D eigenvalue weighted by Gasteiger charge is 2.06. The number of hydrogen-bond acceptors (Lipinski definition) is 7. The van der Waals surface area contributed by atoms with Gasteiger partial charge < -0.3 is 33.2 Å². The van der Waals surface area contributed by atoms with Gasteiger partial charge in [-0.3, -0.25) is 0 Å². The van der Waals surface area contributed by atoms with Crippen LogP contribution >= 0.6 is 0 Å². The largest absolute Gasteiger partial charge is 0.372 e. The van der Waals surface area contributed by atoms with E-state index in [-0.39, 0.29) is 0 Å². The monoisotopic (exact) mass is 840 g/mol. The first-order valence-corrected chi connectivity index (χ1v) is 21.7. The smallest absolute Gasteiger partial charge is 0.0721 e. The van der Waals surface area contributed by atoms with Crippen LogP contribution in [0.15, 0.2) is 170 Å². The predicted molar refractivity (Wildman–Crippen MR) is 245 cm³/mol. The summed E-state index contributed by atoms with van der Waals surface area (Å²) in [6.45, 7) is 7.26. The van der Waals surface area contributed by atoms with Gasteiger partial charge in [-0.25, -0.2) is 0 Å². The zero-order valence-electron chi connectivity index (χ0n) is 35.9. The predicted octanol–water partition coefficient (Wildman–Crippen LogP) is 12.0. The molecule has 0 saturated carbocycles. The van der Waals surface area contributed by atoms with Crippen LogP contribution in [0.1, 0.15) is 77.9 Å². The minimum Gasteiger partial charge on any atom is -0.372 e. The first-order chi connectivity index (χ1) is 31.1. The van der Waals surface area contributed by atoms with Crippen LogP contribution < -0.4 is 0 Å². The summed E-state index contributed by atoms with van der Waals surface area (Å²) >= 11 is 0. The zero-order chi connectivity index (χ0) is 42.7. The van der Waals surface area contributed by atoms with E-state index in [1.807, 2.05) is 0 Å². The van der Waals surface area contributed by atoms with E-state index in [4.69, 9.17) is 33.2 Å². The lowest BCUT2D eigenvalue weighted by Gasteiger charge is -2.11. The van der Waals surface area contributed by atoms with Crippen LogP contribution in [-0.2, 0) is 126 Å². The molecule has 0 fully saturated rings. The van der Waals surface area contributed by atoms with Gasteiger partial charge in [-0.15, -0.1) is 0 Å². The highest BCUT2D eigenvalue weighted by Crippen LogP contribution is 2.18. The Morgan fingerprint density at radius 1 is 0.159 bits per heavy atom. The van der Waals surface area contributed by atoms with Gasteiger partial charge in [-0.2, -0.15) is 0 Å². The van der Waals surface area contributed by atoms with E-state index in [9.17, 15) is 0 Å². The molecule has 0 radical (unpaired) electrons. The summed E-state index contributed by atoms with van der Waals surface area (Å²) in [7, 11) is 0. The highest BCUT2D eigenvalue weighted by molar-refractivity contribution is 5.28. The maximum Gasteiger partial charge on any atom is 0.0721 e. The molecule has 322 valence electrons. The summed E-state index contributed by atoms with van der Waals surface area (Å²) in [5.74, 6) is 0. The molecule has 0 atom stereocenters. The van der Waals surface area contributed by atoms with Crippen LogP contribution in [-0.4, -0.2) is 0 Å². The van der Waals surface area contributed by atoms with Gasteiger partial charge in [0.2, 0.25) is 0 Å². The van der Waals surface area contributed by atoms with Crippen molar-refractivity contribution in [3.8, 4) is 0 Å². The van der Waals surface area contributed by atoms with E-state index in [1.54, 1.807) is 0 Å². The van der Waals surface area contributed by atoms with Crippen molar-refractivity contribution in [2.75, 3.05) is 0 Å². The summed E-state index contributed by atoms with van der Waals surface area (Å²) in [5, 5.41) is 0. The van der Waals surface area contributed by atoms with Crippen molar-refractivity contribution in [1.29, 1.82) is 0 Å². The van der Waals surface area contributed by atoms with Crippen molar-refractivity contribution in [2.45, 2.75) is 92.5 Å². The first kappa shape index (κ1) is 43.9. The summed E-state index contributed by atoms with van der Waals surface area (Å²) in [6, 6.07) is 58.9. The van der Waals surface area contributed by atoms with E-state index in [2.05, 4.69) is 170 Å². The third-order valence-electron chi connectivity index (χ3n) is 10.7. The average Bonchev–Trinajstić information content (AvgIpc) is 3.30. The molecule has 7 heteroatoms. The molecular formula is C56H56O7. The molecule has 0 saturated heterocycles. The Kier molecular flexibility index (Phi) is 16.5. The maximum absolute atomic E-state index is 6.15. The zero-order valence-corrected chi connectivity index (χ0v) is 35.9. The van der Waals surface area contributed by atoms with Gasteiger partial charge in [-0.1, -0.05) is 170 Å². The number of ether oxygens (including phenoxy) is 7. The van der Waals surface area contributed by atoms with Gasteiger partial charge >= 0.3 is 0 Å². The fourth-order valence-corrected chi connectivity index (χ4v) is 7.67.